The van der Waals surface area contributed by atoms with Crippen LogP contribution in [0, 0.1) is 0 Å². The van der Waals surface area contributed by atoms with Crippen LogP contribution in [0.2, 0.25) is 0 Å². The molecule has 0 fully saturated rings. The molecule has 5 heteroatoms. The van der Waals surface area contributed by atoms with Crippen LogP contribution in [0.5, 0.6) is 0 Å². The molecule has 2 aromatic heterocycles. The summed E-state index contributed by atoms with van der Waals surface area (Å²) in [5.41, 5.74) is 2.78. The molecular weight excluding hydrogens is 342 g/mol. The van der Waals surface area contributed by atoms with Crippen LogP contribution in [0.1, 0.15) is 43.7 Å². The fourth-order valence-electron chi connectivity index (χ4n) is 3.02. The normalized spacial score (nSPS) is 12.2. The molecule has 2 heterocycles. The summed E-state index contributed by atoms with van der Waals surface area (Å²) in [5.74, 6) is 0. The van der Waals surface area contributed by atoms with Gasteiger partial charge >= 0.3 is 0 Å². The number of fused-ring (bicyclic) bond motifs is 1. The van der Waals surface area contributed by atoms with E-state index in [1.54, 1.807) is 22.2 Å². The topological polar surface area (TPSA) is 38.1 Å². The van der Waals surface area contributed by atoms with E-state index in [1.807, 2.05) is 13.1 Å². The van der Waals surface area contributed by atoms with Gasteiger partial charge in [-0.1, -0.05) is 52.0 Å². The lowest BCUT2D eigenvalue weighted by atomic mass is 9.87. The Morgan fingerprint density at radius 2 is 1.88 bits per heavy atom. The number of hydrogen-bond acceptors (Lipinski definition) is 4. The van der Waals surface area contributed by atoms with Gasteiger partial charge in [0.1, 0.15) is 11.2 Å². The summed E-state index contributed by atoms with van der Waals surface area (Å²) in [7, 11) is 2.03. The van der Waals surface area contributed by atoms with Gasteiger partial charge in [0.15, 0.2) is 0 Å². The number of nitrogens with zero attached hydrogens (tertiary/aromatic N) is 3. The predicted molar refractivity (Wildman–Crippen MR) is 110 cm³/mol. The summed E-state index contributed by atoms with van der Waals surface area (Å²) in [4.78, 5) is 21.3. The SMILES string of the molecule is CCc1cc2c(=O)n(CN(C)Cc3ccc(C(C)(C)C)cc3)cnc2s1. The first-order valence-corrected chi connectivity index (χ1v) is 9.85. The number of hydrogen-bond donors (Lipinski definition) is 0. The fourth-order valence-corrected chi connectivity index (χ4v) is 3.94. The van der Waals surface area contributed by atoms with E-state index in [4.69, 9.17) is 0 Å². The average molecular weight is 370 g/mol. The first kappa shape index (κ1) is 18.8. The Balaban J connectivity index is 1.73. The minimum atomic E-state index is 0.0425. The Bertz CT molecular complexity index is 948. The van der Waals surface area contributed by atoms with Crippen molar-refractivity contribution >= 4 is 21.6 Å². The second-order valence-electron chi connectivity index (χ2n) is 7.91. The number of aromatic nitrogens is 2. The second kappa shape index (κ2) is 7.33. The zero-order chi connectivity index (χ0) is 18.9. The predicted octanol–water partition coefficient (Wildman–Crippen LogP) is 4.41. The molecule has 0 aliphatic carbocycles. The van der Waals surface area contributed by atoms with Crippen molar-refractivity contribution in [2.24, 2.45) is 0 Å². The number of aryl methyl sites for hydroxylation is 1. The van der Waals surface area contributed by atoms with Crippen LogP contribution < -0.4 is 5.56 Å². The number of benzene rings is 1. The molecule has 0 aliphatic heterocycles. The van der Waals surface area contributed by atoms with Crippen molar-refractivity contribution < 1.29 is 0 Å². The minimum Gasteiger partial charge on any atom is -0.285 e. The molecule has 0 aliphatic rings. The van der Waals surface area contributed by atoms with Gasteiger partial charge in [-0.05, 0) is 36.1 Å². The van der Waals surface area contributed by atoms with Gasteiger partial charge in [-0.3, -0.25) is 14.3 Å². The largest absolute Gasteiger partial charge is 0.285 e. The van der Waals surface area contributed by atoms with E-state index in [0.29, 0.717) is 6.67 Å². The van der Waals surface area contributed by atoms with Crippen LogP contribution in [-0.2, 0) is 25.0 Å². The molecule has 0 N–H and O–H groups in total. The minimum absolute atomic E-state index is 0.0425. The lowest BCUT2D eigenvalue weighted by Crippen LogP contribution is -2.29. The van der Waals surface area contributed by atoms with Crippen molar-refractivity contribution in [2.45, 2.75) is 52.7 Å². The second-order valence-corrected chi connectivity index (χ2v) is 9.02. The van der Waals surface area contributed by atoms with Gasteiger partial charge in [0.25, 0.3) is 5.56 Å². The van der Waals surface area contributed by atoms with Crippen LogP contribution in [0.3, 0.4) is 0 Å². The average Bonchev–Trinajstić information content (AvgIpc) is 3.01. The number of rotatable bonds is 5. The van der Waals surface area contributed by atoms with Crippen molar-refractivity contribution in [3.05, 3.63) is 63.0 Å². The van der Waals surface area contributed by atoms with Crippen molar-refractivity contribution in [2.75, 3.05) is 7.05 Å². The van der Waals surface area contributed by atoms with Crippen molar-refractivity contribution in [1.82, 2.24) is 14.5 Å². The van der Waals surface area contributed by atoms with E-state index in [1.165, 1.54) is 16.0 Å². The van der Waals surface area contributed by atoms with E-state index < -0.39 is 0 Å². The zero-order valence-corrected chi connectivity index (χ0v) is 17.1. The molecular formula is C21H27N3OS. The third kappa shape index (κ3) is 4.05. The van der Waals surface area contributed by atoms with E-state index in [0.717, 1.165) is 23.2 Å². The summed E-state index contributed by atoms with van der Waals surface area (Å²) in [6.45, 7) is 10.1. The summed E-state index contributed by atoms with van der Waals surface area (Å²) in [6.07, 6.45) is 2.60. The molecule has 0 atom stereocenters. The standard InChI is InChI=1S/C21H27N3OS/c1-6-17-11-18-19(26-17)22-13-24(20(18)25)14-23(5)12-15-7-9-16(10-8-15)21(2,3)4/h7-11,13H,6,12,14H2,1-5H3. The van der Waals surface area contributed by atoms with Crippen LogP contribution >= 0.6 is 11.3 Å². The smallest absolute Gasteiger partial charge is 0.263 e. The van der Waals surface area contributed by atoms with Crippen molar-refractivity contribution in [3.8, 4) is 0 Å². The lowest BCUT2D eigenvalue weighted by Gasteiger charge is -2.21. The molecule has 0 bridgehead atoms. The van der Waals surface area contributed by atoms with Gasteiger partial charge in [0.2, 0.25) is 0 Å². The van der Waals surface area contributed by atoms with Crippen LogP contribution in [0.15, 0.2) is 41.5 Å². The van der Waals surface area contributed by atoms with Gasteiger partial charge in [0, 0.05) is 11.4 Å². The molecule has 138 valence electrons. The Hall–Kier alpha value is -1.98. The van der Waals surface area contributed by atoms with E-state index in [9.17, 15) is 4.79 Å². The Kier molecular flexibility index (Phi) is 5.30. The molecule has 0 unspecified atom stereocenters. The zero-order valence-electron chi connectivity index (χ0n) is 16.2. The van der Waals surface area contributed by atoms with E-state index in [2.05, 4.69) is 61.8 Å². The first-order chi connectivity index (χ1) is 12.3. The van der Waals surface area contributed by atoms with Crippen LogP contribution in [0.25, 0.3) is 10.2 Å². The highest BCUT2D eigenvalue weighted by atomic mass is 32.1. The van der Waals surface area contributed by atoms with Crippen molar-refractivity contribution in [3.63, 3.8) is 0 Å². The van der Waals surface area contributed by atoms with Crippen LogP contribution in [0.4, 0.5) is 0 Å². The molecule has 3 aromatic rings. The van der Waals surface area contributed by atoms with E-state index >= 15 is 0 Å². The number of thiophene rings is 1. The van der Waals surface area contributed by atoms with Gasteiger partial charge in [-0.25, -0.2) is 4.98 Å². The van der Waals surface area contributed by atoms with Gasteiger partial charge in [-0.15, -0.1) is 11.3 Å². The summed E-state index contributed by atoms with van der Waals surface area (Å²) in [6, 6.07) is 10.7. The molecule has 0 amide bonds. The molecule has 0 radical (unpaired) electrons. The Labute approximate surface area is 159 Å². The molecule has 1 aromatic carbocycles. The van der Waals surface area contributed by atoms with Gasteiger partial charge in [0.05, 0.1) is 12.1 Å². The molecule has 0 saturated heterocycles. The maximum Gasteiger partial charge on any atom is 0.263 e. The summed E-state index contributed by atoms with van der Waals surface area (Å²) in [5, 5.41) is 0.734. The molecule has 3 rings (SSSR count). The highest BCUT2D eigenvalue weighted by molar-refractivity contribution is 7.18. The van der Waals surface area contributed by atoms with Gasteiger partial charge < -0.3 is 0 Å². The van der Waals surface area contributed by atoms with E-state index in [-0.39, 0.29) is 11.0 Å². The quantitative estimate of drug-likeness (QED) is 0.669. The molecule has 4 nitrogen and oxygen atoms in total. The maximum atomic E-state index is 12.7. The third-order valence-electron chi connectivity index (χ3n) is 4.58. The van der Waals surface area contributed by atoms with Crippen LogP contribution in [-0.4, -0.2) is 21.5 Å². The molecule has 0 saturated carbocycles. The fraction of sp³-hybridized carbons (Fsp3) is 0.429. The summed E-state index contributed by atoms with van der Waals surface area (Å²) >= 11 is 1.61. The van der Waals surface area contributed by atoms with Gasteiger partial charge in [-0.2, -0.15) is 0 Å². The molecule has 0 spiro atoms. The monoisotopic (exact) mass is 369 g/mol. The van der Waals surface area contributed by atoms with Crippen molar-refractivity contribution in [1.29, 1.82) is 0 Å². The highest BCUT2D eigenvalue weighted by Crippen LogP contribution is 2.23. The Morgan fingerprint density at radius 1 is 1.19 bits per heavy atom. The third-order valence-corrected chi connectivity index (χ3v) is 5.77. The highest BCUT2D eigenvalue weighted by Gasteiger charge is 2.13. The summed E-state index contributed by atoms with van der Waals surface area (Å²) < 4.78 is 1.69. The lowest BCUT2D eigenvalue weighted by molar-refractivity contribution is 0.255. The maximum absolute atomic E-state index is 12.7. The molecule has 26 heavy (non-hydrogen) atoms. The first-order valence-electron chi connectivity index (χ1n) is 9.03. The Morgan fingerprint density at radius 3 is 2.50 bits per heavy atom.